The van der Waals surface area contributed by atoms with E-state index in [2.05, 4.69) is 27.0 Å². The third-order valence-electron chi connectivity index (χ3n) is 3.15. The van der Waals surface area contributed by atoms with Crippen LogP contribution in [0.5, 0.6) is 0 Å². The Morgan fingerprint density at radius 3 is 2.96 bits per heavy atom. The van der Waals surface area contributed by atoms with Crippen molar-refractivity contribution >= 4 is 23.8 Å². The highest BCUT2D eigenvalue weighted by Crippen LogP contribution is 2.20. The number of carbonyl (C=O) groups is 1. The molecule has 124 valence electrons. The minimum Gasteiger partial charge on any atom is -0.383 e. The molecule has 0 saturated heterocycles. The quantitative estimate of drug-likeness (QED) is 0.525. The number of primary amides is 1. The van der Waals surface area contributed by atoms with Crippen LogP contribution in [0.1, 0.15) is 15.9 Å². The van der Waals surface area contributed by atoms with Gasteiger partial charge in [-0.3, -0.25) is 14.5 Å². The van der Waals surface area contributed by atoms with Crippen LogP contribution in [0.15, 0.2) is 54.1 Å². The Balaban J connectivity index is 2.16. The lowest BCUT2D eigenvalue weighted by Crippen LogP contribution is -2.16. The van der Waals surface area contributed by atoms with Crippen LogP contribution in [-0.2, 0) is 6.54 Å². The van der Waals surface area contributed by atoms with E-state index in [1.165, 1.54) is 0 Å². The predicted octanol–water partition coefficient (Wildman–Crippen LogP) is 1.48. The summed E-state index contributed by atoms with van der Waals surface area (Å²) < 4.78 is 1.73. The van der Waals surface area contributed by atoms with Crippen molar-refractivity contribution in [2.45, 2.75) is 13.5 Å². The van der Waals surface area contributed by atoms with Crippen LogP contribution in [0.25, 0.3) is 0 Å². The predicted molar refractivity (Wildman–Crippen MR) is 94.5 cm³/mol. The van der Waals surface area contributed by atoms with Gasteiger partial charge in [-0.15, -0.1) is 0 Å². The number of aryl methyl sites for hydroxylation is 1. The minimum absolute atomic E-state index is 0.245. The summed E-state index contributed by atoms with van der Waals surface area (Å²) in [6.45, 7) is 5.99. The molecule has 0 fully saturated rings. The first-order valence-corrected chi connectivity index (χ1v) is 7.17. The van der Waals surface area contributed by atoms with Crippen molar-refractivity contribution in [3.8, 4) is 0 Å². The van der Waals surface area contributed by atoms with E-state index in [1.54, 1.807) is 42.4 Å². The number of amides is 1. The van der Waals surface area contributed by atoms with Gasteiger partial charge in [-0.25, -0.2) is 4.98 Å². The van der Waals surface area contributed by atoms with Crippen LogP contribution in [0.3, 0.4) is 0 Å². The van der Waals surface area contributed by atoms with E-state index < -0.39 is 5.91 Å². The van der Waals surface area contributed by atoms with Crippen LogP contribution in [-0.4, -0.2) is 26.9 Å². The maximum absolute atomic E-state index is 11.6. The molecule has 0 atom stereocenters. The lowest BCUT2D eigenvalue weighted by molar-refractivity contribution is 0.100. The van der Waals surface area contributed by atoms with Crippen molar-refractivity contribution < 1.29 is 4.79 Å². The van der Waals surface area contributed by atoms with Gasteiger partial charge in [-0.2, -0.15) is 5.10 Å². The number of anilines is 2. The van der Waals surface area contributed by atoms with Gasteiger partial charge in [0, 0.05) is 24.8 Å². The number of nitrogens with one attached hydrogen (secondary N) is 1. The van der Waals surface area contributed by atoms with Gasteiger partial charge in [0.1, 0.15) is 11.6 Å². The standard InChI is InChI=1S/C16H19N7O/c1-3-12(10-19-6-8-23-7-4-5-20-23)21-16-13(15(18)24)9-11(2)14(17)22-16/h3-7,9-10H,1,8H2,2H3,(H2,18,24)(H3,17,21,22)/b12-10+,19-6?. The van der Waals surface area contributed by atoms with E-state index in [0.29, 0.717) is 23.6 Å². The van der Waals surface area contributed by atoms with Gasteiger partial charge in [0.25, 0.3) is 5.91 Å². The summed E-state index contributed by atoms with van der Waals surface area (Å²) in [5.41, 5.74) is 12.6. The molecule has 0 saturated carbocycles. The summed E-state index contributed by atoms with van der Waals surface area (Å²) >= 11 is 0. The molecule has 24 heavy (non-hydrogen) atoms. The van der Waals surface area contributed by atoms with E-state index in [0.717, 1.165) is 0 Å². The third kappa shape index (κ3) is 4.29. The van der Waals surface area contributed by atoms with Crippen LogP contribution >= 0.6 is 0 Å². The zero-order valence-electron chi connectivity index (χ0n) is 13.3. The third-order valence-corrected chi connectivity index (χ3v) is 3.15. The van der Waals surface area contributed by atoms with Gasteiger partial charge < -0.3 is 16.8 Å². The molecule has 0 aliphatic heterocycles. The van der Waals surface area contributed by atoms with Crippen molar-refractivity contribution in [1.82, 2.24) is 14.8 Å². The molecule has 8 heteroatoms. The maximum atomic E-state index is 11.6. The number of carbonyl (C=O) groups excluding carboxylic acids is 1. The fourth-order valence-electron chi connectivity index (χ4n) is 1.86. The zero-order valence-corrected chi connectivity index (χ0v) is 13.3. The molecule has 0 aromatic carbocycles. The largest absolute Gasteiger partial charge is 0.383 e. The molecule has 1 amide bonds. The van der Waals surface area contributed by atoms with Crippen molar-refractivity contribution in [2.75, 3.05) is 11.1 Å². The number of hydrogen-bond donors (Lipinski definition) is 3. The fraction of sp³-hybridized carbons (Fsp3) is 0.125. The lowest BCUT2D eigenvalue weighted by atomic mass is 10.1. The molecule has 0 aliphatic carbocycles. The molecular weight excluding hydrogens is 306 g/mol. The number of hydrogen-bond acceptors (Lipinski definition) is 6. The Morgan fingerprint density at radius 1 is 1.54 bits per heavy atom. The van der Waals surface area contributed by atoms with E-state index >= 15 is 0 Å². The van der Waals surface area contributed by atoms with Gasteiger partial charge in [0.15, 0.2) is 0 Å². The Morgan fingerprint density at radius 2 is 2.33 bits per heavy atom. The van der Waals surface area contributed by atoms with Crippen molar-refractivity contribution in [1.29, 1.82) is 0 Å². The topological polar surface area (TPSA) is 124 Å². The number of pyridine rings is 1. The van der Waals surface area contributed by atoms with Crippen molar-refractivity contribution in [3.05, 3.63) is 60.2 Å². The Kier molecular flexibility index (Phi) is 5.45. The van der Waals surface area contributed by atoms with E-state index in [-0.39, 0.29) is 11.4 Å². The number of allylic oxidation sites excluding steroid dienone is 1. The highest BCUT2D eigenvalue weighted by molar-refractivity contribution is 5.98. The molecule has 2 aromatic heterocycles. The minimum atomic E-state index is -0.598. The average Bonchev–Trinajstić information content (AvgIpc) is 3.06. The number of rotatable bonds is 7. The second-order valence-electron chi connectivity index (χ2n) is 4.92. The molecule has 0 spiro atoms. The van der Waals surface area contributed by atoms with E-state index in [4.69, 9.17) is 11.5 Å². The molecule has 8 nitrogen and oxygen atoms in total. The number of nitrogens with zero attached hydrogens (tertiary/aromatic N) is 4. The summed E-state index contributed by atoms with van der Waals surface area (Å²) in [5.74, 6) is -0.0224. The van der Waals surface area contributed by atoms with Crippen molar-refractivity contribution in [2.24, 2.45) is 10.7 Å². The molecule has 2 heterocycles. The molecule has 0 unspecified atom stereocenters. The van der Waals surface area contributed by atoms with Crippen molar-refractivity contribution in [3.63, 3.8) is 0 Å². The SMILES string of the molecule is C=C/C(=C\N=CCn1cccn1)Nc1nc(N)c(C)cc1C(N)=O. The smallest absolute Gasteiger partial charge is 0.252 e. The van der Waals surface area contributed by atoms with E-state index in [1.807, 2.05) is 12.3 Å². The first-order chi connectivity index (χ1) is 11.5. The van der Waals surface area contributed by atoms with Crippen LogP contribution < -0.4 is 16.8 Å². The maximum Gasteiger partial charge on any atom is 0.252 e. The molecular formula is C16H19N7O. The van der Waals surface area contributed by atoms with Crippen LogP contribution in [0.4, 0.5) is 11.6 Å². The van der Waals surface area contributed by atoms with Crippen LogP contribution in [0.2, 0.25) is 0 Å². The molecule has 0 radical (unpaired) electrons. The lowest BCUT2D eigenvalue weighted by Gasteiger charge is -2.11. The monoisotopic (exact) mass is 325 g/mol. The summed E-state index contributed by atoms with van der Waals surface area (Å²) in [5, 5.41) is 7.02. The first kappa shape index (κ1) is 16.9. The number of nitrogens with two attached hydrogens (primary N) is 2. The Hall–Kier alpha value is -3.42. The van der Waals surface area contributed by atoms with Gasteiger partial charge in [-0.05, 0) is 30.7 Å². The molecule has 2 rings (SSSR count). The molecule has 2 aromatic rings. The molecule has 5 N–H and O–H groups in total. The molecule has 0 bridgehead atoms. The summed E-state index contributed by atoms with van der Waals surface area (Å²) in [7, 11) is 0. The number of nitrogen functional groups attached to an aromatic ring is 1. The summed E-state index contributed by atoms with van der Waals surface area (Å²) in [6.07, 6.45) is 8.32. The van der Waals surface area contributed by atoms with Crippen LogP contribution in [0, 0.1) is 6.92 Å². The Bertz CT molecular complexity index is 791. The van der Waals surface area contributed by atoms with Gasteiger partial charge in [0.2, 0.25) is 0 Å². The number of aliphatic imine (C=N–C) groups is 1. The fourth-order valence-corrected chi connectivity index (χ4v) is 1.86. The second kappa shape index (κ2) is 7.73. The van der Waals surface area contributed by atoms with Gasteiger partial charge >= 0.3 is 0 Å². The first-order valence-electron chi connectivity index (χ1n) is 7.17. The highest BCUT2D eigenvalue weighted by atomic mass is 16.1. The zero-order chi connectivity index (χ0) is 17.5. The van der Waals surface area contributed by atoms with Gasteiger partial charge in [0.05, 0.1) is 17.8 Å². The summed E-state index contributed by atoms with van der Waals surface area (Å²) in [6, 6.07) is 3.42. The number of aromatic nitrogens is 3. The second-order valence-corrected chi connectivity index (χ2v) is 4.92. The van der Waals surface area contributed by atoms with E-state index in [9.17, 15) is 4.79 Å². The normalized spacial score (nSPS) is 11.6. The van der Waals surface area contributed by atoms with Gasteiger partial charge in [-0.1, -0.05) is 6.58 Å². The highest BCUT2D eigenvalue weighted by Gasteiger charge is 2.12. The summed E-state index contributed by atoms with van der Waals surface area (Å²) in [4.78, 5) is 19.9. The molecule has 0 aliphatic rings. The average molecular weight is 325 g/mol. The Labute approximate surface area is 139 Å².